The summed E-state index contributed by atoms with van der Waals surface area (Å²) in [4.78, 5) is 13.2. The molecule has 0 heterocycles. The molecule has 1 rings (SSSR count). The second-order valence-corrected chi connectivity index (χ2v) is 6.45. The molecule has 0 spiro atoms. The molecular formula is C12H17FN2O3S. The van der Waals surface area contributed by atoms with Crippen LogP contribution in [0.1, 0.15) is 6.92 Å². The van der Waals surface area contributed by atoms with Crippen molar-refractivity contribution < 1.29 is 17.6 Å². The van der Waals surface area contributed by atoms with Gasteiger partial charge in [0.15, 0.2) is 0 Å². The van der Waals surface area contributed by atoms with E-state index in [2.05, 4.69) is 0 Å². The number of likely N-dealkylation sites (N-methyl/N-ethyl adjacent to an activating group) is 2. The fraction of sp³-hybridized carbons (Fsp3) is 0.417. The topological polar surface area (TPSA) is 57.7 Å². The summed E-state index contributed by atoms with van der Waals surface area (Å²) in [5.41, 5.74) is 0.508. The predicted molar refractivity (Wildman–Crippen MR) is 71.9 cm³/mol. The van der Waals surface area contributed by atoms with E-state index in [1.807, 2.05) is 0 Å². The second-order valence-electron chi connectivity index (χ2n) is 4.09. The monoisotopic (exact) mass is 288 g/mol. The smallest absolute Gasteiger partial charge is 0.242 e. The molecule has 0 bridgehead atoms. The first-order valence-corrected chi connectivity index (χ1v) is 7.35. The highest BCUT2D eigenvalue weighted by Crippen LogP contribution is 2.13. The number of benzene rings is 1. The Morgan fingerprint density at radius 2 is 1.74 bits per heavy atom. The fourth-order valence-corrected chi connectivity index (χ4v) is 2.17. The molecular weight excluding hydrogens is 271 g/mol. The van der Waals surface area contributed by atoms with Gasteiger partial charge in [-0.2, -0.15) is 4.31 Å². The highest BCUT2D eigenvalue weighted by molar-refractivity contribution is 7.89. The molecule has 1 aromatic rings. The lowest BCUT2D eigenvalue weighted by atomic mass is 10.3. The zero-order valence-electron chi connectivity index (χ0n) is 11.1. The van der Waals surface area contributed by atoms with Crippen LogP contribution in [0.5, 0.6) is 0 Å². The first kappa shape index (κ1) is 15.6. The summed E-state index contributed by atoms with van der Waals surface area (Å²) in [5, 5.41) is 0. The van der Waals surface area contributed by atoms with Crippen molar-refractivity contribution in [2.24, 2.45) is 0 Å². The lowest BCUT2D eigenvalue weighted by Gasteiger charge is -2.21. The number of hydrogen-bond donors (Lipinski definition) is 0. The van der Waals surface area contributed by atoms with E-state index >= 15 is 0 Å². The van der Waals surface area contributed by atoms with E-state index in [0.717, 1.165) is 4.31 Å². The maximum absolute atomic E-state index is 12.8. The first-order valence-electron chi connectivity index (χ1n) is 5.74. The Labute approximate surface area is 112 Å². The van der Waals surface area contributed by atoms with Crippen molar-refractivity contribution in [1.82, 2.24) is 4.31 Å². The standard InChI is InChI=1S/C12H17FN2O3S/c1-4-19(17,18)14(2)9-12(16)15(3)11-7-5-10(13)6-8-11/h5-8H,4,9H2,1-3H3. The Kier molecular flexibility index (Phi) is 5.02. The van der Waals surface area contributed by atoms with Crippen LogP contribution in [-0.4, -0.2) is 45.0 Å². The highest BCUT2D eigenvalue weighted by atomic mass is 32.2. The Morgan fingerprint density at radius 1 is 1.21 bits per heavy atom. The molecule has 0 aliphatic heterocycles. The minimum atomic E-state index is -3.39. The van der Waals surface area contributed by atoms with Crippen LogP contribution in [0.25, 0.3) is 0 Å². The summed E-state index contributed by atoms with van der Waals surface area (Å²) >= 11 is 0. The van der Waals surface area contributed by atoms with Gasteiger partial charge in [-0.25, -0.2) is 12.8 Å². The third kappa shape index (κ3) is 4.00. The van der Waals surface area contributed by atoms with Gasteiger partial charge in [-0.05, 0) is 31.2 Å². The van der Waals surface area contributed by atoms with Gasteiger partial charge in [0.25, 0.3) is 0 Å². The van der Waals surface area contributed by atoms with Gasteiger partial charge in [-0.15, -0.1) is 0 Å². The third-order valence-corrected chi connectivity index (χ3v) is 4.59. The zero-order valence-corrected chi connectivity index (χ0v) is 11.9. The molecule has 19 heavy (non-hydrogen) atoms. The van der Waals surface area contributed by atoms with Crippen LogP contribution in [0.3, 0.4) is 0 Å². The molecule has 0 saturated carbocycles. The molecule has 0 aromatic heterocycles. The van der Waals surface area contributed by atoms with Crippen LogP contribution in [0.4, 0.5) is 10.1 Å². The Balaban J connectivity index is 2.76. The Morgan fingerprint density at radius 3 is 2.21 bits per heavy atom. The fourth-order valence-electron chi connectivity index (χ4n) is 1.42. The van der Waals surface area contributed by atoms with E-state index in [-0.39, 0.29) is 18.2 Å². The number of sulfonamides is 1. The number of halogens is 1. The minimum absolute atomic E-state index is 0.0585. The van der Waals surface area contributed by atoms with Gasteiger partial charge in [0.2, 0.25) is 15.9 Å². The van der Waals surface area contributed by atoms with Crippen molar-refractivity contribution in [3.8, 4) is 0 Å². The molecule has 0 saturated heterocycles. The zero-order chi connectivity index (χ0) is 14.6. The molecule has 0 N–H and O–H groups in total. The number of nitrogens with zero attached hydrogens (tertiary/aromatic N) is 2. The summed E-state index contributed by atoms with van der Waals surface area (Å²) in [6.45, 7) is 1.27. The maximum atomic E-state index is 12.8. The van der Waals surface area contributed by atoms with Gasteiger partial charge in [0.1, 0.15) is 5.82 Å². The molecule has 1 amide bonds. The summed E-state index contributed by atoms with van der Waals surface area (Å²) in [6.07, 6.45) is 0. The summed E-state index contributed by atoms with van der Waals surface area (Å²) in [5.74, 6) is -0.835. The second kappa shape index (κ2) is 6.12. The number of carbonyl (C=O) groups is 1. The summed E-state index contributed by atoms with van der Waals surface area (Å²) in [6, 6.07) is 5.40. The highest BCUT2D eigenvalue weighted by Gasteiger charge is 2.20. The lowest BCUT2D eigenvalue weighted by molar-refractivity contribution is -0.118. The number of anilines is 1. The average molecular weight is 288 g/mol. The molecule has 0 atom stereocenters. The third-order valence-electron chi connectivity index (χ3n) is 2.79. The number of rotatable bonds is 5. The Hall–Kier alpha value is -1.47. The summed E-state index contributed by atoms with van der Waals surface area (Å²) in [7, 11) is -0.518. The predicted octanol–water partition coefficient (Wildman–Crippen LogP) is 1.07. The maximum Gasteiger partial charge on any atom is 0.242 e. The van der Waals surface area contributed by atoms with Crippen LogP contribution in [0, 0.1) is 5.82 Å². The molecule has 0 aliphatic rings. The average Bonchev–Trinajstić information content (AvgIpc) is 2.38. The van der Waals surface area contributed by atoms with Crippen LogP contribution in [0.15, 0.2) is 24.3 Å². The molecule has 5 nitrogen and oxygen atoms in total. The van der Waals surface area contributed by atoms with Gasteiger partial charge in [-0.1, -0.05) is 0 Å². The van der Waals surface area contributed by atoms with Crippen molar-refractivity contribution >= 4 is 21.6 Å². The van der Waals surface area contributed by atoms with Crippen LogP contribution < -0.4 is 4.90 Å². The molecule has 1 aromatic carbocycles. The van der Waals surface area contributed by atoms with Gasteiger partial charge in [0, 0.05) is 19.8 Å². The van der Waals surface area contributed by atoms with Crippen molar-refractivity contribution in [3.63, 3.8) is 0 Å². The summed E-state index contributed by atoms with van der Waals surface area (Å²) < 4.78 is 36.9. The van der Waals surface area contributed by atoms with Crippen LogP contribution in [-0.2, 0) is 14.8 Å². The molecule has 0 radical (unpaired) electrons. The van der Waals surface area contributed by atoms with E-state index in [1.165, 1.54) is 50.2 Å². The largest absolute Gasteiger partial charge is 0.314 e. The van der Waals surface area contributed by atoms with Crippen molar-refractivity contribution in [3.05, 3.63) is 30.1 Å². The Bertz CT molecular complexity index is 543. The van der Waals surface area contributed by atoms with E-state index in [0.29, 0.717) is 5.69 Å². The number of hydrogen-bond acceptors (Lipinski definition) is 3. The molecule has 0 aliphatic carbocycles. The van der Waals surface area contributed by atoms with Gasteiger partial charge < -0.3 is 4.90 Å². The molecule has 0 fully saturated rings. The van der Waals surface area contributed by atoms with E-state index in [4.69, 9.17) is 0 Å². The van der Waals surface area contributed by atoms with Gasteiger partial charge in [0.05, 0.1) is 12.3 Å². The van der Waals surface area contributed by atoms with Gasteiger partial charge >= 0.3 is 0 Å². The SMILES string of the molecule is CCS(=O)(=O)N(C)CC(=O)N(C)c1ccc(F)cc1. The molecule has 106 valence electrons. The lowest BCUT2D eigenvalue weighted by Crippen LogP contribution is -2.40. The van der Waals surface area contributed by atoms with Crippen molar-refractivity contribution in [2.45, 2.75) is 6.92 Å². The first-order chi connectivity index (χ1) is 8.77. The van der Waals surface area contributed by atoms with E-state index in [9.17, 15) is 17.6 Å². The molecule has 7 heteroatoms. The normalized spacial score (nSPS) is 11.6. The number of carbonyl (C=O) groups excluding carboxylic acids is 1. The minimum Gasteiger partial charge on any atom is -0.314 e. The van der Waals surface area contributed by atoms with Crippen molar-refractivity contribution in [1.29, 1.82) is 0 Å². The van der Waals surface area contributed by atoms with Crippen LogP contribution in [0.2, 0.25) is 0 Å². The van der Waals surface area contributed by atoms with Gasteiger partial charge in [-0.3, -0.25) is 4.79 Å². The van der Waals surface area contributed by atoms with E-state index < -0.39 is 15.8 Å². The van der Waals surface area contributed by atoms with Crippen molar-refractivity contribution in [2.75, 3.05) is 31.3 Å². The molecule has 0 unspecified atom stereocenters. The quantitative estimate of drug-likeness (QED) is 0.814. The number of amides is 1. The van der Waals surface area contributed by atoms with E-state index in [1.54, 1.807) is 0 Å². The van der Waals surface area contributed by atoms with Crippen LogP contribution >= 0.6 is 0 Å².